The van der Waals surface area contributed by atoms with E-state index in [0.717, 1.165) is 24.5 Å². The number of urea groups is 1. The van der Waals surface area contributed by atoms with E-state index in [2.05, 4.69) is 15.7 Å². The average molecular weight is 658 g/mol. The Morgan fingerprint density at radius 2 is 1.85 bits per heavy atom. The number of hydrogen-bond acceptors (Lipinski definition) is 4. The second kappa shape index (κ2) is 11.4. The van der Waals surface area contributed by atoms with Gasteiger partial charge in [0.1, 0.15) is 11.6 Å². The van der Waals surface area contributed by atoms with E-state index in [0.29, 0.717) is 66.8 Å². The Bertz CT molecular complexity index is 1890. The molecule has 0 spiro atoms. The van der Waals surface area contributed by atoms with Gasteiger partial charge in [-0.05, 0) is 72.9 Å². The highest BCUT2D eigenvalue weighted by Gasteiger charge is 2.41. The van der Waals surface area contributed by atoms with E-state index < -0.39 is 46.9 Å². The molecule has 1 fully saturated rings. The Labute approximate surface area is 264 Å². The van der Waals surface area contributed by atoms with E-state index >= 15 is 0 Å². The molecule has 3 aliphatic heterocycles. The van der Waals surface area contributed by atoms with Crippen molar-refractivity contribution in [2.75, 3.05) is 30.0 Å². The predicted octanol–water partition coefficient (Wildman–Crippen LogP) is 7.28. The smallest absolute Gasteiger partial charge is 0.381 e. The number of anilines is 2. The minimum Gasteiger partial charge on any atom is -0.381 e. The lowest BCUT2D eigenvalue weighted by molar-refractivity contribution is -0.137. The number of carbonyl (C=O) groups excluding carboxylic acids is 2. The molecule has 1 saturated heterocycles. The number of aromatic nitrogens is 2. The normalized spacial score (nSPS) is 18.0. The quantitative estimate of drug-likeness (QED) is 0.221. The van der Waals surface area contributed by atoms with Crippen LogP contribution >= 0.6 is 11.6 Å². The highest BCUT2D eigenvalue weighted by atomic mass is 35.5. The molecule has 238 valence electrons. The minimum absolute atomic E-state index is 0.116. The molecule has 2 N–H and O–H groups in total. The Morgan fingerprint density at radius 1 is 1.07 bits per heavy atom. The molecule has 3 aliphatic rings. The van der Waals surface area contributed by atoms with Crippen molar-refractivity contribution < 1.29 is 36.3 Å². The van der Waals surface area contributed by atoms with E-state index in [1.807, 2.05) is 10.9 Å². The summed E-state index contributed by atoms with van der Waals surface area (Å²) in [6.07, 6.45) is 0.652. The first-order valence-electron chi connectivity index (χ1n) is 14.5. The van der Waals surface area contributed by atoms with Crippen LogP contribution in [0, 0.1) is 11.6 Å². The summed E-state index contributed by atoms with van der Waals surface area (Å²) in [5.41, 5.74) is 1.39. The van der Waals surface area contributed by atoms with E-state index in [1.165, 1.54) is 17.0 Å². The van der Waals surface area contributed by atoms with Gasteiger partial charge in [0.2, 0.25) is 0 Å². The second-order valence-corrected chi connectivity index (χ2v) is 11.8. The first-order chi connectivity index (χ1) is 22.0. The van der Waals surface area contributed by atoms with Gasteiger partial charge in [0, 0.05) is 58.9 Å². The first kappa shape index (κ1) is 30.2. The lowest BCUT2D eigenvalue weighted by Crippen LogP contribution is -2.46. The SMILES string of the molecule is O=C(Nc1cc(-c2cnn(C3CCOCC3)c2)c2c3c1C(c1cc(F)ccc1Cl)NC(=O)N3CC2)c1cc(F)cc(C(F)(F)F)c1. The van der Waals surface area contributed by atoms with Crippen LogP contribution in [0.25, 0.3) is 11.1 Å². The van der Waals surface area contributed by atoms with Gasteiger partial charge < -0.3 is 15.4 Å². The molecule has 4 heterocycles. The molecule has 3 amide bonds. The van der Waals surface area contributed by atoms with E-state index in [4.69, 9.17) is 16.3 Å². The molecular weight excluding hydrogens is 633 g/mol. The topological polar surface area (TPSA) is 88.5 Å². The minimum atomic E-state index is -4.89. The summed E-state index contributed by atoms with van der Waals surface area (Å²) >= 11 is 6.48. The third kappa shape index (κ3) is 5.36. The van der Waals surface area contributed by atoms with Crippen LogP contribution in [0.3, 0.4) is 0 Å². The standard InChI is InChI=1S/C32H25ClF5N5O3/c33-25-2-1-19(34)12-24(25)28-27-26(40-30(44)16-9-18(32(36,37)38)11-20(35)10-16)13-23(22-3-6-42(29(22)27)31(45)41-28)17-14-39-43(15-17)21-4-7-46-8-5-21/h1-2,9-15,21,28H,3-8H2,(H,40,44)(H,41,45). The summed E-state index contributed by atoms with van der Waals surface area (Å²) in [6.45, 7) is 1.50. The van der Waals surface area contributed by atoms with E-state index in [-0.39, 0.29) is 22.3 Å². The van der Waals surface area contributed by atoms with Crippen molar-refractivity contribution >= 4 is 34.9 Å². The third-order valence-electron chi connectivity index (χ3n) is 8.58. The first-order valence-corrected chi connectivity index (χ1v) is 14.9. The number of rotatable bonds is 5. The Kier molecular flexibility index (Phi) is 7.47. The fraction of sp³-hybridized carbons (Fsp3) is 0.281. The van der Waals surface area contributed by atoms with Crippen LogP contribution in [-0.2, 0) is 17.3 Å². The molecule has 0 bridgehead atoms. The monoisotopic (exact) mass is 657 g/mol. The van der Waals surface area contributed by atoms with Crippen molar-refractivity contribution in [2.45, 2.75) is 37.5 Å². The Morgan fingerprint density at radius 3 is 2.61 bits per heavy atom. The number of nitrogens with zero attached hydrogens (tertiary/aromatic N) is 3. The van der Waals surface area contributed by atoms with Crippen molar-refractivity contribution in [3.8, 4) is 11.1 Å². The fourth-order valence-corrected chi connectivity index (χ4v) is 6.65. The van der Waals surface area contributed by atoms with Crippen LogP contribution in [-0.4, -0.2) is 41.5 Å². The molecule has 1 atom stereocenters. The van der Waals surface area contributed by atoms with Gasteiger partial charge in [-0.3, -0.25) is 14.4 Å². The van der Waals surface area contributed by atoms with Crippen LogP contribution in [0.15, 0.2) is 54.9 Å². The van der Waals surface area contributed by atoms with Crippen molar-refractivity contribution in [1.82, 2.24) is 15.1 Å². The van der Waals surface area contributed by atoms with Gasteiger partial charge in [-0.2, -0.15) is 18.3 Å². The number of alkyl halides is 3. The average Bonchev–Trinajstić information content (AvgIpc) is 3.70. The van der Waals surface area contributed by atoms with Gasteiger partial charge in [-0.25, -0.2) is 13.6 Å². The van der Waals surface area contributed by atoms with Crippen molar-refractivity contribution in [1.29, 1.82) is 0 Å². The molecule has 0 aliphatic carbocycles. The Hall–Kier alpha value is -4.49. The summed E-state index contributed by atoms with van der Waals surface area (Å²) in [5, 5.41) is 10.2. The van der Waals surface area contributed by atoms with Crippen LogP contribution < -0.4 is 15.5 Å². The van der Waals surface area contributed by atoms with Crippen molar-refractivity contribution in [2.24, 2.45) is 0 Å². The van der Waals surface area contributed by atoms with Gasteiger partial charge in [0.25, 0.3) is 5.91 Å². The lowest BCUT2D eigenvalue weighted by atomic mass is 9.88. The zero-order valence-electron chi connectivity index (χ0n) is 23.9. The third-order valence-corrected chi connectivity index (χ3v) is 8.93. The molecule has 8 nitrogen and oxygen atoms in total. The highest BCUT2D eigenvalue weighted by molar-refractivity contribution is 6.31. The van der Waals surface area contributed by atoms with Crippen LogP contribution in [0.5, 0.6) is 0 Å². The Balaban J connectivity index is 1.40. The van der Waals surface area contributed by atoms with Crippen LogP contribution in [0.1, 0.15) is 57.5 Å². The maximum atomic E-state index is 14.5. The zero-order chi connectivity index (χ0) is 32.3. The van der Waals surface area contributed by atoms with Crippen LogP contribution in [0.2, 0.25) is 5.02 Å². The van der Waals surface area contributed by atoms with Crippen LogP contribution in [0.4, 0.5) is 38.1 Å². The molecule has 7 rings (SSSR count). The second-order valence-electron chi connectivity index (χ2n) is 11.4. The fourth-order valence-electron chi connectivity index (χ4n) is 6.43. The summed E-state index contributed by atoms with van der Waals surface area (Å²) in [7, 11) is 0. The highest BCUT2D eigenvalue weighted by Crippen LogP contribution is 2.50. The molecule has 0 saturated carbocycles. The molecule has 14 heteroatoms. The molecule has 4 aromatic rings. The van der Waals surface area contributed by atoms with Crippen molar-refractivity contribution in [3.05, 3.63) is 99.3 Å². The number of amides is 3. The maximum absolute atomic E-state index is 14.5. The van der Waals surface area contributed by atoms with Gasteiger partial charge in [0.15, 0.2) is 0 Å². The zero-order valence-corrected chi connectivity index (χ0v) is 24.7. The maximum Gasteiger partial charge on any atom is 0.416 e. The van der Waals surface area contributed by atoms with Gasteiger partial charge in [-0.15, -0.1) is 0 Å². The number of nitrogens with one attached hydrogen (secondary N) is 2. The predicted molar refractivity (Wildman–Crippen MR) is 159 cm³/mol. The summed E-state index contributed by atoms with van der Waals surface area (Å²) in [6, 6.07) is 5.51. The molecule has 1 unspecified atom stereocenters. The number of halogens is 6. The summed E-state index contributed by atoms with van der Waals surface area (Å²) < 4.78 is 76.5. The molecule has 46 heavy (non-hydrogen) atoms. The molecule has 3 aromatic carbocycles. The number of benzene rings is 3. The van der Waals surface area contributed by atoms with E-state index in [9.17, 15) is 31.5 Å². The van der Waals surface area contributed by atoms with Gasteiger partial charge >= 0.3 is 12.2 Å². The largest absolute Gasteiger partial charge is 0.416 e. The van der Waals surface area contributed by atoms with Gasteiger partial charge in [-0.1, -0.05) is 11.6 Å². The summed E-state index contributed by atoms with van der Waals surface area (Å²) in [4.78, 5) is 28.4. The molecule has 0 radical (unpaired) electrons. The molecule has 1 aromatic heterocycles. The van der Waals surface area contributed by atoms with Gasteiger partial charge in [0.05, 0.1) is 29.5 Å². The molecular formula is C32H25ClF5N5O3. The van der Waals surface area contributed by atoms with E-state index in [1.54, 1.807) is 12.3 Å². The lowest BCUT2D eigenvalue weighted by Gasteiger charge is -2.35. The number of ether oxygens (including phenoxy) is 1. The number of carbonyl (C=O) groups is 2. The number of hydrogen-bond donors (Lipinski definition) is 2. The van der Waals surface area contributed by atoms with Crippen molar-refractivity contribution in [3.63, 3.8) is 0 Å². The summed E-state index contributed by atoms with van der Waals surface area (Å²) in [5.74, 6) is -2.87.